The van der Waals surface area contributed by atoms with Gasteiger partial charge in [-0.25, -0.2) is 9.97 Å². The van der Waals surface area contributed by atoms with Crippen LogP contribution in [-0.4, -0.2) is 27.8 Å². The van der Waals surface area contributed by atoms with Gasteiger partial charge in [0.2, 0.25) is 0 Å². The number of nitrogens with zero attached hydrogens (tertiary/aromatic N) is 2. The summed E-state index contributed by atoms with van der Waals surface area (Å²) in [4.78, 5) is 20.9. The normalized spacial score (nSPS) is 12.2. The Morgan fingerprint density at radius 3 is 2.52 bits per heavy atom. The highest BCUT2D eigenvalue weighted by Gasteiger charge is 2.18. The highest BCUT2D eigenvalue weighted by molar-refractivity contribution is 8.00. The molecule has 122 valence electrons. The summed E-state index contributed by atoms with van der Waals surface area (Å²) in [5, 5.41) is 0.483. The molecule has 5 heteroatoms. The molecule has 2 rings (SSSR count). The fraction of sp³-hybridized carbons (Fsp3) is 0.389. The van der Waals surface area contributed by atoms with E-state index in [1.54, 1.807) is 0 Å². The van der Waals surface area contributed by atoms with E-state index in [1.807, 2.05) is 64.1 Å². The molecule has 0 saturated heterocycles. The molecule has 0 fully saturated rings. The van der Waals surface area contributed by atoms with Crippen LogP contribution in [-0.2, 0) is 9.53 Å². The van der Waals surface area contributed by atoms with E-state index in [2.05, 4.69) is 9.97 Å². The molecule has 23 heavy (non-hydrogen) atoms. The van der Waals surface area contributed by atoms with Crippen molar-refractivity contribution in [2.24, 2.45) is 5.92 Å². The van der Waals surface area contributed by atoms with Crippen LogP contribution < -0.4 is 0 Å². The molecule has 1 heterocycles. The summed E-state index contributed by atoms with van der Waals surface area (Å²) in [6, 6.07) is 11.9. The Morgan fingerprint density at radius 2 is 1.87 bits per heavy atom. The standard InChI is InChI=1S/C18H22N2O2S/c1-12(2)11-22-18(21)13(3)23-17-10-16(19-14(4)20-17)15-8-6-5-7-9-15/h5-10,12-13H,11H2,1-4H3. The Kier molecular flexibility index (Phi) is 6.16. The number of benzene rings is 1. The van der Waals surface area contributed by atoms with E-state index in [4.69, 9.17) is 4.74 Å². The lowest BCUT2D eigenvalue weighted by atomic mass is 10.1. The van der Waals surface area contributed by atoms with Crippen LogP contribution >= 0.6 is 11.8 Å². The number of carbonyl (C=O) groups excluding carboxylic acids is 1. The molecule has 0 bridgehead atoms. The number of hydrogen-bond donors (Lipinski definition) is 0. The Hall–Kier alpha value is -1.88. The van der Waals surface area contributed by atoms with Crippen molar-refractivity contribution in [2.75, 3.05) is 6.61 Å². The highest BCUT2D eigenvalue weighted by Crippen LogP contribution is 2.26. The third-order valence-electron chi connectivity index (χ3n) is 3.07. The van der Waals surface area contributed by atoms with E-state index in [0.29, 0.717) is 18.3 Å². The molecule has 4 nitrogen and oxygen atoms in total. The van der Waals surface area contributed by atoms with Gasteiger partial charge >= 0.3 is 5.97 Å². The number of hydrogen-bond acceptors (Lipinski definition) is 5. The molecule has 0 aliphatic heterocycles. The molecule has 0 aliphatic rings. The summed E-state index contributed by atoms with van der Waals surface area (Å²) in [7, 11) is 0. The smallest absolute Gasteiger partial charge is 0.319 e. The van der Waals surface area contributed by atoms with Gasteiger partial charge in [0.1, 0.15) is 16.1 Å². The minimum absolute atomic E-state index is 0.207. The summed E-state index contributed by atoms with van der Waals surface area (Å²) < 4.78 is 5.28. The first-order valence-electron chi connectivity index (χ1n) is 7.70. The Morgan fingerprint density at radius 1 is 1.17 bits per heavy atom. The van der Waals surface area contributed by atoms with E-state index in [-0.39, 0.29) is 11.2 Å². The molecule has 0 amide bonds. The first-order valence-corrected chi connectivity index (χ1v) is 8.58. The summed E-state index contributed by atoms with van der Waals surface area (Å²) >= 11 is 1.40. The summed E-state index contributed by atoms with van der Waals surface area (Å²) in [5.74, 6) is 0.819. The molecule has 0 N–H and O–H groups in total. The third-order valence-corrected chi connectivity index (χ3v) is 4.07. The summed E-state index contributed by atoms with van der Waals surface area (Å²) in [5.41, 5.74) is 1.90. The molecule has 2 aromatic rings. The second kappa shape index (κ2) is 8.11. The van der Waals surface area contributed by atoms with Crippen LogP contribution in [0.2, 0.25) is 0 Å². The molecule has 1 aromatic heterocycles. The Bertz CT molecular complexity index is 659. The summed E-state index contributed by atoms with van der Waals surface area (Å²) in [6.45, 7) is 8.18. The second-order valence-electron chi connectivity index (χ2n) is 5.79. The van der Waals surface area contributed by atoms with Gasteiger partial charge in [0.05, 0.1) is 12.3 Å². The zero-order valence-electron chi connectivity index (χ0n) is 13.9. The van der Waals surface area contributed by atoms with Crippen LogP contribution in [0.4, 0.5) is 0 Å². The number of esters is 1. The van der Waals surface area contributed by atoms with Crippen molar-refractivity contribution >= 4 is 17.7 Å². The van der Waals surface area contributed by atoms with Crippen molar-refractivity contribution in [3.05, 3.63) is 42.2 Å². The van der Waals surface area contributed by atoms with Crippen LogP contribution in [0.3, 0.4) is 0 Å². The molecule has 0 spiro atoms. The van der Waals surface area contributed by atoms with Crippen LogP contribution in [0.25, 0.3) is 11.3 Å². The van der Waals surface area contributed by atoms with Crippen LogP contribution in [0.15, 0.2) is 41.4 Å². The average Bonchev–Trinajstić information content (AvgIpc) is 2.52. The van der Waals surface area contributed by atoms with Gasteiger partial charge in [0.25, 0.3) is 0 Å². The van der Waals surface area contributed by atoms with Gasteiger partial charge in [0.15, 0.2) is 0 Å². The molecule has 0 saturated carbocycles. The topological polar surface area (TPSA) is 52.1 Å². The predicted octanol–water partition coefficient (Wildman–Crippen LogP) is 4.13. The van der Waals surface area contributed by atoms with E-state index in [0.717, 1.165) is 16.3 Å². The fourth-order valence-electron chi connectivity index (χ4n) is 1.95. The Balaban J connectivity index is 2.11. The number of aromatic nitrogens is 2. The molecule has 0 aliphatic carbocycles. The number of ether oxygens (including phenoxy) is 1. The van der Waals surface area contributed by atoms with E-state index >= 15 is 0 Å². The lowest BCUT2D eigenvalue weighted by molar-refractivity contribution is -0.143. The molecule has 1 atom stereocenters. The predicted molar refractivity (Wildman–Crippen MR) is 93.3 cm³/mol. The van der Waals surface area contributed by atoms with Gasteiger partial charge in [-0.1, -0.05) is 55.9 Å². The van der Waals surface area contributed by atoms with Crippen LogP contribution in [0.1, 0.15) is 26.6 Å². The number of rotatable bonds is 6. The maximum absolute atomic E-state index is 12.0. The zero-order chi connectivity index (χ0) is 16.8. The largest absolute Gasteiger partial charge is 0.465 e. The minimum atomic E-state index is -0.299. The van der Waals surface area contributed by atoms with Gasteiger partial charge in [-0.05, 0) is 25.8 Å². The van der Waals surface area contributed by atoms with Crippen molar-refractivity contribution in [3.8, 4) is 11.3 Å². The molecule has 0 radical (unpaired) electrons. The number of thioether (sulfide) groups is 1. The van der Waals surface area contributed by atoms with Crippen molar-refractivity contribution in [2.45, 2.75) is 38.0 Å². The lowest BCUT2D eigenvalue weighted by Gasteiger charge is -2.13. The van der Waals surface area contributed by atoms with E-state index < -0.39 is 0 Å². The van der Waals surface area contributed by atoms with Crippen molar-refractivity contribution in [1.29, 1.82) is 0 Å². The molecular formula is C18H22N2O2S. The van der Waals surface area contributed by atoms with Crippen molar-refractivity contribution in [3.63, 3.8) is 0 Å². The monoisotopic (exact) mass is 330 g/mol. The minimum Gasteiger partial charge on any atom is -0.465 e. The first-order chi connectivity index (χ1) is 11.0. The van der Waals surface area contributed by atoms with Gasteiger partial charge in [-0.3, -0.25) is 4.79 Å². The van der Waals surface area contributed by atoms with Crippen LogP contribution in [0.5, 0.6) is 0 Å². The van der Waals surface area contributed by atoms with Gasteiger partial charge in [-0.15, -0.1) is 0 Å². The van der Waals surface area contributed by atoms with E-state index in [1.165, 1.54) is 11.8 Å². The maximum atomic E-state index is 12.0. The fourth-order valence-corrected chi connectivity index (χ4v) is 2.84. The van der Waals surface area contributed by atoms with Gasteiger partial charge < -0.3 is 4.74 Å². The Labute approximate surface area is 141 Å². The first kappa shape index (κ1) is 17.5. The average molecular weight is 330 g/mol. The number of carbonyl (C=O) groups is 1. The maximum Gasteiger partial charge on any atom is 0.319 e. The lowest BCUT2D eigenvalue weighted by Crippen LogP contribution is -2.19. The zero-order valence-corrected chi connectivity index (χ0v) is 14.8. The summed E-state index contributed by atoms with van der Waals surface area (Å²) in [6.07, 6.45) is 0. The second-order valence-corrected chi connectivity index (χ2v) is 7.15. The quantitative estimate of drug-likeness (QED) is 0.453. The number of aryl methyl sites for hydroxylation is 1. The van der Waals surface area contributed by atoms with Gasteiger partial charge in [0, 0.05) is 5.56 Å². The highest BCUT2D eigenvalue weighted by atomic mass is 32.2. The van der Waals surface area contributed by atoms with Gasteiger partial charge in [-0.2, -0.15) is 0 Å². The van der Waals surface area contributed by atoms with Crippen molar-refractivity contribution < 1.29 is 9.53 Å². The van der Waals surface area contributed by atoms with Crippen LogP contribution in [0, 0.1) is 12.8 Å². The van der Waals surface area contributed by atoms with Crippen molar-refractivity contribution in [1.82, 2.24) is 9.97 Å². The molecule has 1 unspecified atom stereocenters. The van der Waals surface area contributed by atoms with E-state index in [9.17, 15) is 4.79 Å². The SMILES string of the molecule is Cc1nc(SC(C)C(=O)OCC(C)C)cc(-c2ccccc2)n1. The molecular weight excluding hydrogens is 308 g/mol. The third kappa shape index (κ3) is 5.36. The molecule has 1 aromatic carbocycles.